The molecule has 2 aromatic heterocycles. The van der Waals surface area contributed by atoms with Gasteiger partial charge in [-0.05, 0) is 102 Å². The van der Waals surface area contributed by atoms with Crippen LogP contribution in [-0.2, 0) is 21.1 Å². The first-order chi connectivity index (χ1) is 28.5. The molecule has 5 heteroatoms. The molecule has 1 N–H and O–H groups in total. The number of hydrogen-bond donors (Lipinski definition) is 1. The van der Waals surface area contributed by atoms with Gasteiger partial charge in [-0.2, -0.15) is 0 Å². The molecule has 0 aliphatic carbocycles. The molecule has 0 amide bonds. The third kappa shape index (κ3) is 7.25. The van der Waals surface area contributed by atoms with Gasteiger partial charge in [-0.15, -0.1) is 23.8 Å². The maximum absolute atomic E-state index is 11.6. The van der Waals surface area contributed by atoms with Gasteiger partial charge in [0, 0.05) is 37.1 Å². The second-order valence-corrected chi connectivity index (χ2v) is 14.4. The second kappa shape index (κ2) is 15.7. The van der Waals surface area contributed by atoms with Crippen LogP contribution in [0.3, 0.4) is 0 Å². The number of aryl methyl sites for hydroxylation is 4. The van der Waals surface area contributed by atoms with Gasteiger partial charge in [-0.1, -0.05) is 138 Å². The fourth-order valence-corrected chi connectivity index (χ4v) is 7.57. The zero-order valence-electron chi connectivity index (χ0n) is 34.7. The molecule has 0 spiro atoms. The smallest absolute Gasteiger partial charge is 0.148 e. The van der Waals surface area contributed by atoms with Crippen molar-refractivity contribution < 1.29 is 30.3 Å². The summed E-state index contributed by atoms with van der Waals surface area (Å²) in [4.78, 5) is 10.2. The summed E-state index contributed by atoms with van der Waals surface area (Å²) in [7, 11) is 0. The maximum Gasteiger partial charge on any atom is 0.148 e. The Morgan fingerprint density at radius 3 is 1.96 bits per heavy atom. The molecule has 0 bridgehead atoms. The molecule has 0 fully saturated rings. The molecule has 4 nitrogen and oxygen atoms in total. The summed E-state index contributed by atoms with van der Waals surface area (Å²) in [5, 5.41) is 11.6. The molecule has 0 aliphatic heterocycles. The minimum absolute atomic E-state index is 0. The number of aromatic nitrogens is 3. The van der Waals surface area contributed by atoms with E-state index in [0.717, 1.165) is 61.3 Å². The number of para-hydroxylation sites is 1. The Labute approximate surface area is 352 Å². The molecule has 0 atom stereocenters. The number of fused-ring (bicyclic) bond motifs is 1. The van der Waals surface area contributed by atoms with Crippen LogP contribution in [0.25, 0.3) is 83.9 Å². The molecule has 0 unspecified atom stereocenters. The van der Waals surface area contributed by atoms with Crippen LogP contribution in [0.2, 0.25) is 0 Å². The normalized spacial score (nSPS) is 12.1. The van der Waals surface area contributed by atoms with Gasteiger partial charge in [0.25, 0.3) is 0 Å². The summed E-state index contributed by atoms with van der Waals surface area (Å²) in [5.74, 6) is 0.520. The van der Waals surface area contributed by atoms with Gasteiger partial charge < -0.3 is 5.11 Å². The molecule has 9 rings (SSSR count). The number of phenolic OH excluding ortho intramolecular Hbond substituents is 1. The van der Waals surface area contributed by atoms with Gasteiger partial charge in [0.1, 0.15) is 11.6 Å². The van der Waals surface area contributed by atoms with Crippen molar-refractivity contribution in [1.82, 2.24) is 14.5 Å². The summed E-state index contributed by atoms with van der Waals surface area (Å²) in [6.45, 7) is 3.45. The summed E-state index contributed by atoms with van der Waals surface area (Å²) >= 11 is 0. The predicted molar refractivity (Wildman–Crippen MR) is 231 cm³/mol. The van der Waals surface area contributed by atoms with E-state index in [1.54, 1.807) is 6.07 Å². The largest absolute Gasteiger partial charge is 0.507 e. The van der Waals surface area contributed by atoms with E-state index < -0.39 is 6.85 Å². The molecule has 0 aliphatic rings. The molecule has 57 heavy (non-hydrogen) atoms. The number of phenols is 1. The molecule has 2 heterocycles. The van der Waals surface area contributed by atoms with E-state index in [4.69, 9.17) is 14.1 Å². The molecule has 9 aromatic rings. The molecular weight excluding hydrogens is 878 g/mol. The fraction of sp³-hybridized carbons (Fsp3) is 0.0769. The van der Waals surface area contributed by atoms with Crippen LogP contribution in [0.5, 0.6) is 5.75 Å². The molecule has 0 saturated heterocycles. The average Bonchev–Trinajstić information content (AvgIpc) is 3.65. The minimum atomic E-state index is -2.47. The quantitative estimate of drug-likeness (QED) is 0.162. The second-order valence-electron chi connectivity index (χ2n) is 14.4. The zero-order valence-corrected chi connectivity index (χ0v) is 34.0. The fourth-order valence-electron chi connectivity index (χ4n) is 7.57. The van der Waals surface area contributed by atoms with E-state index in [2.05, 4.69) is 67.6 Å². The number of benzene rings is 7. The monoisotopic (exact) mass is 920 g/mol. The Bertz CT molecular complexity index is 3010. The van der Waals surface area contributed by atoms with E-state index >= 15 is 0 Å². The number of aromatic hydroxyl groups is 1. The summed E-state index contributed by atoms with van der Waals surface area (Å²) in [5.41, 5.74) is 14.4. The van der Waals surface area contributed by atoms with Crippen molar-refractivity contribution in [2.45, 2.75) is 27.6 Å². The zero-order chi connectivity index (χ0) is 40.8. The molecule has 0 saturated carbocycles. The third-order valence-corrected chi connectivity index (χ3v) is 10.4. The first kappa shape index (κ1) is 33.9. The van der Waals surface area contributed by atoms with E-state index in [1.165, 1.54) is 5.56 Å². The van der Waals surface area contributed by atoms with Crippen LogP contribution in [0.4, 0.5) is 0 Å². The Morgan fingerprint density at radius 1 is 0.561 bits per heavy atom. The Balaban J connectivity index is 0.00000499. The van der Waals surface area contributed by atoms with E-state index in [9.17, 15) is 5.11 Å². The minimum Gasteiger partial charge on any atom is -0.507 e. The number of pyridine rings is 1. The summed E-state index contributed by atoms with van der Waals surface area (Å²) in [6, 6.07) is 55.9. The van der Waals surface area contributed by atoms with Crippen LogP contribution < -0.4 is 0 Å². The van der Waals surface area contributed by atoms with Crippen molar-refractivity contribution >= 4 is 11.0 Å². The van der Waals surface area contributed by atoms with Crippen LogP contribution >= 0.6 is 0 Å². The van der Waals surface area contributed by atoms with E-state index in [0.29, 0.717) is 33.7 Å². The van der Waals surface area contributed by atoms with Gasteiger partial charge in [0.2, 0.25) is 0 Å². The first-order valence-electron chi connectivity index (χ1n) is 20.2. The van der Waals surface area contributed by atoms with Crippen LogP contribution in [0.1, 0.15) is 26.4 Å². The van der Waals surface area contributed by atoms with Gasteiger partial charge in [-0.25, -0.2) is 4.98 Å². The van der Waals surface area contributed by atoms with Crippen molar-refractivity contribution in [3.8, 4) is 78.6 Å². The first-order valence-corrected chi connectivity index (χ1v) is 18.7. The molecule has 7 aromatic carbocycles. The number of imidazole rings is 1. The molecule has 0 radical (unpaired) electrons. The van der Waals surface area contributed by atoms with Crippen molar-refractivity contribution in [3.05, 3.63) is 192 Å². The van der Waals surface area contributed by atoms with Crippen molar-refractivity contribution in [2.24, 2.45) is 0 Å². The maximum atomic E-state index is 11.6. The Kier molecular flexibility index (Phi) is 9.32. The van der Waals surface area contributed by atoms with E-state index in [-0.39, 0.29) is 32.4 Å². The van der Waals surface area contributed by atoms with Crippen LogP contribution in [0.15, 0.2) is 164 Å². The Morgan fingerprint density at radius 2 is 1.23 bits per heavy atom. The standard InChI is InChI=1S/C52H40N3O.Pt/c1-33-18-20-39(21-19-33)41-24-25-53-47(32-41)44-30-42(38-14-9-6-10-15-38)29-43(31-44)45-16-11-17-49-50(45)54-52(46-27-34(2)26-36(4)51(46)56)55(49)48-23-22-40(28-35(48)3)37-12-7-5-8-13-37;/h5-30,32,56H,1-4H3;/q-1;/i3D3;. The number of rotatable bonds is 7. The molecular formula is C52H40N3OPt-. The topological polar surface area (TPSA) is 50.9 Å². The van der Waals surface area contributed by atoms with Crippen LogP contribution in [-0.4, -0.2) is 19.6 Å². The van der Waals surface area contributed by atoms with Gasteiger partial charge in [-0.3, -0.25) is 9.55 Å². The predicted octanol–water partition coefficient (Wildman–Crippen LogP) is 13.2. The van der Waals surface area contributed by atoms with Gasteiger partial charge in [0.05, 0.1) is 22.3 Å². The number of nitrogens with zero attached hydrogens (tertiary/aromatic N) is 3. The summed E-state index contributed by atoms with van der Waals surface area (Å²) in [6.07, 6.45) is 1.84. The third-order valence-electron chi connectivity index (χ3n) is 10.4. The average molecular weight is 921 g/mol. The van der Waals surface area contributed by atoms with Gasteiger partial charge >= 0.3 is 0 Å². The van der Waals surface area contributed by atoms with E-state index in [1.807, 2.05) is 122 Å². The molecule has 280 valence electrons. The van der Waals surface area contributed by atoms with Crippen molar-refractivity contribution in [1.29, 1.82) is 0 Å². The van der Waals surface area contributed by atoms with Gasteiger partial charge in [0.15, 0.2) is 0 Å². The Hall–Kier alpha value is -6.35. The van der Waals surface area contributed by atoms with Crippen molar-refractivity contribution in [3.63, 3.8) is 0 Å². The van der Waals surface area contributed by atoms with Crippen LogP contribution in [0, 0.1) is 33.7 Å². The van der Waals surface area contributed by atoms with Crippen molar-refractivity contribution in [2.75, 3.05) is 0 Å². The summed E-state index contributed by atoms with van der Waals surface area (Å²) < 4.78 is 28.2. The number of hydrogen-bond acceptors (Lipinski definition) is 3. The SMILES string of the molecule is [2H]C([2H])([2H])c1cc(-c2ccccc2)ccc1-n1c(-c2cc(C)cc(C)c2O)nc2c(-c3[c-]c(-c4cc(-c5ccc(C)cc5)ccn4)cc(-c4ccccc4)c3)cccc21.[Pt].